The van der Waals surface area contributed by atoms with Gasteiger partial charge in [0.05, 0.1) is 20.8 Å². The van der Waals surface area contributed by atoms with Crippen molar-refractivity contribution in [1.29, 1.82) is 0 Å². The first-order valence-electron chi connectivity index (χ1n) is 8.11. The summed E-state index contributed by atoms with van der Waals surface area (Å²) >= 11 is 0. The molecule has 0 fully saturated rings. The number of hydrogen-bond acceptors (Lipinski definition) is 7. The van der Waals surface area contributed by atoms with E-state index in [9.17, 15) is 24.3 Å². The minimum Gasteiger partial charge on any atom is -0.480 e. The number of rotatable bonds is 10. The molecule has 0 aliphatic carbocycles. The maximum absolute atomic E-state index is 12.0. The average Bonchev–Trinajstić information content (AvgIpc) is 2.66. The SMILES string of the molecule is COC(=O)C(C(=O)OC)[C@H](C)[C@H](NC(=O)COCc1ccccc1)C(=O)O. The molecule has 0 bridgehead atoms. The van der Waals surface area contributed by atoms with Gasteiger partial charge in [0.1, 0.15) is 12.6 Å². The van der Waals surface area contributed by atoms with Gasteiger partial charge in [-0.05, 0) is 5.56 Å². The van der Waals surface area contributed by atoms with Crippen LogP contribution in [-0.2, 0) is 40.0 Å². The molecule has 1 amide bonds. The third kappa shape index (κ3) is 6.70. The van der Waals surface area contributed by atoms with E-state index in [-0.39, 0.29) is 13.2 Å². The molecule has 0 spiro atoms. The summed E-state index contributed by atoms with van der Waals surface area (Å²) < 4.78 is 14.3. The Morgan fingerprint density at radius 3 is 2.07 bits per heavy atom. The number of carboxylic acid groups (broad SMARTS) is 1. The van der Waals surface area contributed by atoms with E-state index in [0.717, 1.165) is 19.8 Å². The molecule has 1 aromatic rings. The fourth-order valence-electron chi connectivity index (χ4n) is 2.44. The van der Waals surface area contributed by atoms with Crippen molar-refractivity contribution in [3.05, 3.63) is 35.9 Å². The highest BCUT2D eigenvalue weighted by atomic mass is 16.5. The van der Waals surface area contributed by atoms with E-state index in [1.54, 1.807) is 0 Å². The lowest BCUT2D eigenvalue weighted by Crippen LogP contribution is -2.51. The van der Waals surface area contributed by atoms with Crippen molar-refractivity contribution in [3.63, 3.8) is 0 Å². The van der Waals surface area contributed by atoms with Crippen LogP contribution in [0.2, 0.25) is 0 Å². The van der Waals surface area contributed by atoms with Crippen LogP contribution in [0.15, 0.2) is 30.3 Å². The van der Waals surface area contributed by atoms with Crippen molar-refractivity contribution in [2.45, 2.75) is 19.6 Å². The first-order chi connectivity index (χ1) is 12.8. The van der Waals surface area contributed by atoms with Gasteiger partial charge in [-0.15, -0.1) is 0 Å². The van der Waals surface area contributed by atoms with Gasteiger partial charge in [0, 0.05) is 5.92 Å². The van der Waals surface area contributed by atoms with Gasteiger partial charge in [0.15, 0.2) is 5.92 Å². The predicted octanol–water partition coefficient (Wildman–Crippen LogP) is 0.371. The fourth-order valence-corrected chi connectivity index (χ4v) is 2.44. The molecule has 1 aromatic carbocycles. The quantitative estimate of drug-likeness (QED) is 0.439. The number of ether oxygens (including phenoxy) is 3. The standard InChI is InChI=1S/C18H23NO8/c1-11(14(17(23)25-2)18(24)26-3)15(16(21)22)19-13(20)10-27-9-12-7-5-4-6-8-12/h4-8,11,14-15H,9-10H2,1-3H3,(H,19,20)(H,21,22)/t11-,15-/m0/s1. The molecular formula is C18H23NO8. The summed E-state index contributed by atoms with van der Waals surface area (Å²) in [4.78, 5) is 47.2. The van der Waals surface area contributed by atoms with Crippen molar-refractivity contribution in [3.8, 4) is 0 Å². The first kappa shape index (κ1) is 22.1. The van der Waals surface area contributed by atoms with Crippen LogP contribution in [0.25, 0.3) is 0 Å². The molecule has 148 valence electrons. The van der Waals surface area contributed by atoms with E-state index >= 15 is 0 Å². The summed E-state index contributed by atoms with van der Waals surface area (Å²) in [6.45, 7) is 1.13. The molecule has 0 unspecified atom stereocenters. The molecule has 1 rings (SSSR count). The lowest BCUT2D eigenvalue weighted by atomic mass is 9.87. The Morgan fingerprint density at radius 1 is 1.04 bits per heavy atom. The van der Waals surface area contributed by atoms with E-state index in [0.29, 0.717) is 0 Å². The number of amides is 1. The van der Waals surface area contributed by atoms with Crippen LogP contribution in [-0.4, -0.2) is 55.8 Å². The topological polar surface area (TPSA) is 128 Å². The molecule has 0 radical (unpaired) electrons. The second-order valence-electron chi connectivity index (χ2n) is 5.74. The zero-order valence-corrected chi connectivity index (χ0v) is 15.3. The van der Waals surface area contributed by atoms with Crippen LogP contribution < -0.4 is 5.32 Å². The zero-order valence-electron chi connectivity index (χ0n) is 15.3. The summed E-state index contributed by atoms with van der Waals surface area (Å²) in [5, 5.41) is 11.7. The van der Waals surface area contributed by atoms with Crippen LogP contribution in [0.1, 0.15) is 12.5 Å². The maximum Gasteiger partial charge on any atom is 0.326 e. The zero-order chi connectivity index (χ0) is 20.4. The molecule has 27 heavy (non-hydrogen) atoms. The molecule has 2 atom stereocenters. The van der Waals surface area contributed by atoms with Gasteiger partial charge in [-0.25, -0.2) is 4.79 Å². The van der Waals surface area contributed by atoms with Crippen molar-refractivity contribution in [2.24, 2.45) is 11.8 Å². The Balaban J connectivity index is 2.72. The highest BCUT2D eigenvalue weighted by molar-refractivity contribution is 5.96. The highest BCUT2D eigenvalue weighted by Gasteiger charge is 2.41. The van der Waals surface area contributed by atoms with Gasteiger partial charge < -0.3 is 24.6 Å². The number of carboxylic acids is 1. The minimum absolute atomic E-state index is 0.175. The van der Waals surface area contributed by atoms with Crippen LogP contribution in [0, 0.1) is 11.8 Å². The van der Waals surface area contributed by atoms with E-state index < -0.39 is 41.7 Å². The van der Waals surface area contributed by atoms with E-state index in [4.69, 9.17) is 4.74 Å². The van der Waals surface area contributed by atoms with Crippen molar-refractivity contribution in [1.82, 2.24) is 5.32 Å². The number of hydrogen-bond donors (Lipinski definition) is 2. The first-order valence-corrected chi connectivity index (χ1v) is 8.11. The fraction of sp³-hybridized carbons (Fsp3) is 0.444. The van der Waals surface area contributed by atoms with E-state index in [1.807, 2.05) is 30.3 Å². The smallest absolute Gasteiger partial charge is 0.326 e. The molecule has 9 nitrogen and oxygen atoms in total. The maximum atomic E-state index is 12.0. The predicted molar refractivity (Wildman–Crippen MR) is 92.4 cm³/mol. The molecule has 9 heteroatoms. The Kier molecular flexibility index (Phi) is 8.94. The molecule has 0 aliphatic heterocycles. The number of nitrogens with one attached hydrogen (secondary N) is 1. The third-order valence-corrected chi connectivity index (χ3v) is 3.89. The number of carbonyl (C=O) groups is 4. The van der Waals surface area contributed by atoms with Crippen molar-refractivity contribution in [2.75, 3.05) is 20.8 Å². The third-order valence-electron chi connectivity index (χ3n) is 3.89. The molecule has 0 saturated heterocycles. The van der Waals surface area contributed by atoms with Gasteiger partial charge in [-0.1, -0.05) is 37.3 Å². The van der Waals surface area contributed by atoms with Gasteiger partial charge in [0.25, 0.3) is 0 Å². The average molecular weight is 381 g/mol. The van der Waals surface area contributed by atoms with Crippen LogP contribution in [0.5, 0.6) is 0 Å². The molecule has 2 N–H and O–H groups in total. The summed E-state index contributed by atoms with van der Waals surface area (Å²) in [5.41, 5.74) is 0.852. The lowest BCUT2D eigenvalue weighted by molar-refractivity contribution is -0.163. The molecule has 0 aliphatic rings. The normalized spacial score (nSPS) is 12.7. The number of aliphatic carboxylic acids is 1. The monoisotopic (exact) mass is 381 g/mol. The van der Waals surface area contributed by atoms with E-state index in [1.165, 1.54) is 6.92 Å². The lowest BCUT2D eigenvalue weighted by Gasteiger charge is -2.25. The largest absolute Gasteiger partial charge is 0.480 e. The molecule has 0 heterocycles. The van der Waals surface area contributed by atoms with Gasteiger partial charge >= 0.3 is 17.9 Å². The summed E-state index contributed by atoms with van der Waals surface area (Å²) in [6.07, 6.45) is 0. The summed E-state index contributed by atoms with van der Waals surface area (Å²) in [5.74, 6) is -6.60. The number of carbonyl (C=O) groups excluding carboxylic acids is 3. The van der Waals surface area contributed by atoms with Crippen LogP contribution in [0.4, 0.5) is 0 Å². The Bertz CT molecular complexity index is 645. The van der Waals surface area contributed by atoms with Gasteiger partial charge in [-0.2, -0.15) is 0 Å². The molecule has 0 saturated carbocycles. The number of methoxy groups -OCH3 is 2. The summed E-state index contributed by atoms with van der Waals surface area (Å²) in [7, 11) is 2.13. The second-order valence-corrected chi connectivity index (χ2v) is 5.74. The van der Waals surface area contributed by atoms with E-state index in [2.05, 4.69) is 14.8 Å². The second kappa shape index (κ2) is 10.9. The van der Waals surface area contributed by atoms with Crippen LogP contribution in [0.3, 0.4) is 0 Å². The summed E-state index contributed by atoms with van der Waals surface area (Å²) in [6, 6.07) is 7.60. The molecular weight excluding hydrogens is 358 g/mol. The Morgan fingerprint density at radius 2 is 1.59 bits per heavy atom. The number of benzene rings is 1. The number of esters is 2. The minimum atomic E-state index is -1.51. The van der Waals surface area contributed by atoms with Crippen LogP contribution >= 0.6 is 0 Å². The van der Waals surface area contributed by atoms with Crippen molar-refractivity contribution >= 4 is 23.8 Å². The van der Waals surface area contributed by atoms with Gasteiger partial charge in [-0.3, -0.25) is 14.4 Å². The van der Waals surface area contributed by atoms with Gasteiger partial charge in [0.2, 0.25) is 5.91 Å². The Labute approximate surface area is 156 Å². The van der Waals surface area contributed by atoms with Crippen molar-refractivity contribution < 1.29 is 38.5 Å². The highest BCUT2D eigenvalue weighted by Crippen LogP contribution is 2.20. The Hall–Kier alpha value is -2.94. The molecule has 0 aromatic heterocycles.